The molecule has 1 aromatic heterocycles. The summed E-state index contributed by atoms with van der Waals surface area (Å²) in [7, 11) is 0. The second-order valence-corrected chi connectivity index (χ2v) is 5.87. The Morgan fingerprint density at radius 2 is 2.00 bits per heavy atom. The lowest BCUT2D eigenvalue weighted by atomic mass is 9.96. The van der Waals surface area contributed by atoms with Crippen LogP contribution in [0.1, 0.15) is 29.8 Å². The lowest BCUT2D eigenvalue weighted by Gasteiger charge is -2.13. The van der Waals surface area contributed by atoms with Crippen LogP contribution in [0.25, 0.3) is 5.70 Å². The van der Waals surface area contributed by atoms with E-state index in [9.17, 15) is 0 Å². The molecule has 0 spiro atoms. The average molecular weight is 291 g/mol. The van der Waals surface area contributed by atoms with Gasteiger partial charge in [0, 0.05) is 5.02 Å². The molecule has 0 fully saturated rings. The molecule has 1 aliphatic rings. The van der Waals surface area contributed by atoms with Crippen LogP contribution in [0.2, 0.25) is 5.02 Å². The minimum atomic E-state index is 0.222. The Balaban J connectivity index is 1.98. The molecule has 2 aromatic rings. The third kappa shape index (κ3) is 2.41. The van der Waals surface area contributed by atoms with Crippen molar-refractivity contribution >= 4 is 28.6 Å². The van der Waals surface area contributed by atoms with E-state index < -0.39 is 0 Å². The quantitative estimate of drug-likeness (QED) is 0.877. The Labute approximate surface area is 122 Å². The number of hydrazine groups is 1. The molecular weight excluding hydrogens is 276 g/mol. The van der Waals surface area contributed by atoms with Crippen molar-refractivity contribution in [1.82, 2.24) is 10.9 Å². The van der Waals surface area contributed by atoms with Gasteiger partial charge in [0.05, 0.1) is 16.6 Å². The highest BCUT2D eigenvalue weighted by Crippen LogP contribution is 2.35. The zero-order valence-electron chi connectivity index (χ0n) is 10.6. The molecule has 1 aliphatic heterocycles. The standard InChI is InChI=1S/C15H15ClN2S/c1-2-12-14(10-5-7-11(16)8-6-10)17-18-15(12)13-4-3-9-19-13/h3-9,14,17-18H,2H2,1H3. The Bertz CT molecular complexity index is 587. The smallest absolute Gasteiger partial charge is 0.0743 e. The Morgan fingerprint density at radius 1 is 1.21 bits per heavy atom. The predicted octanol–water partition coefficient (Wildman–Crippen LogP) is 4.37. The molecule has 2 heterocycles. The molecule has 4 heteroatoms. The number of halogens is 1. The Hall–Kier alpha value is -1.29. The fourth-order valence-electron chi connectivity index (χ4n) is 2.42. The van der Waals surface area contributed by atoms with Gasteiger partial charge in [-0.2, -0.15) is 0 Å². The van der Waals surface area contributed by atoms with Gasteiger partial charge in [-0.1, -0.05) is 36.7 Å². The lowest BCUT2D eigenvalue weighted by molar-refractivity contribution is 0.593. The maximum absolute atomic E-state index is 5.95. The molecule has 2 nitrogen and oxygen atoms in total. The van der Waals surface area contributed by atoms with Crippen molar-refractivity contribution in [2.45, 2.75) is 19.4 Å². The van der Waals surface area contributed by atoms with Crippen LogP contribution >= 0.6 is 22.9 Å². The topological polar surface area (TPSA) is 24.1 Å². The predicted molar refractivity (Wildman–Crippen MR) is 82.0 cm³/mol. The van der Waals surface area contributed by atoms with Crippen molar-refractivity contribution in [3.63, 3.8) is 0 Å². The molecule has 3 rings (SSSR count). The van der Waals surface area contributed by atoms with Crippen LogP contribution < -0.4 is 10.9 Å². The van der Waals surface area contributed by atoms with Gasteiger partial charge in [-0.25, -0.2) is 5.43 Å². The summed E-state index contributed by atoms with van der Waals surface area (Å²) < 4.78 is 0. The molecule has 0 saturated carbocycles. The van der Waals surface area contributed by atoms with E-state index in [2.05, 4.69) is 47.4 Å². The van der Waals surface area contributed by atoms with Gasteiger partial charge in [0.15, 0.2) is 0 Å². The Morgan fingerprint density at radius 3 is 2.63 bits per heavy atom. The average Bonchev–Trinajstić information content (AvgIpc) is 3.08. The van der Waals surface area contributed by atoms with E-state index in [0.717, 1.165) is 11.4 Å². The first-order chi connectivity index (χ1) is 9.29. The van der Waals surface area contributed by atoms with E-state index >= 15 is 0 Å². The maximum atomic E-state index is 5.95. The van der Waals surface area contributed by atoms with Crippen LogP contribution in [-0.4, -0.2) is 0 Å². The largest absolute Gasteiger partial charge is 0.319 e. The van der Waals surface area contributed by atoms with Gasteiger partial charge in [0.25, 0.3) is 0 Å². The van der Waals surface area contributed by atoms with Crippen LogP contribution in [0.15, 0.2) is 47.4 Å². The fourth-order valence-corrected chi connectivity index (χ4v) is 3.30. The van der Waals surface area contributed by atoms with Gasteiger partial charge < -0.3 is 5.43 Å². The summed E-state index contributed by atoms with van der Waals surface area (Å²) in [6, 6.07) is 12.5. The minimum Gasteiger partial charge on any atom is -0.319 e. The fraction of sp³-hybridized carbons (Fsp3) is 0.200. The molecule has 0 radical (unpaired) electrons. The molecule has 0 amide bonds. The normalized spacial score (nSPS) is 18.7. The van der Waals surface area contributed by atoms with Crippen molar-refractivity contribution < 1.29 is 0 Å². The van der Waals surface area contributed by atoms with Crippen LogP contribution in [0.4, 0.5) is 0 Å². The van der Waals surface area contributed by atoms with Crippen molar-refractivity contribution in [3.05, 3.63) is 62.8 Å². The van der Waals surface area contributed by atoms with E-state index in [1.165, 1.54) is 21.7 Å². The zero-order valence-corrected chi connectivity index (χ0v) is 12.2. The number of nitrogens with one attached hydrogen (secondary N) is 2. The molecule has 98 valence electrons. The third-order valence-electron chi connectivity index (χ3n) is 3.36. The first-order valence-corrected chi connectivity index (χ1v) is 7.59. The van der Waals surface area contributed by atoms with Gasteiger partial charge in [-0.05, 0) is 41.1 Å². The first kappa shape index (κ1) is 12.7. The molecule has 1 atom stereocenters. The molecular formula is C15H15ClN2S. The highest BCUT2D eigenvalue weighted by atomic mass is 35.5. The second-order valence-electron chi connectivity index (χ2n) is 4.48. The van der Waals surface area contributed by atoms with E-state index in [-0.39, 0.29) is 6.04 Å². The molecule has 1 aromatic carbocycles. The number of hydrogen-bond acceptors (Lipinski definition) is 3. The van der Waals surface area contributed by atoms with Crippen LogP contribution in [-0.2, 0) is 0 Å². The highest BCUT2D eigenvalue weighted by molar-refractivity contribution is 7.11. The van der Waals surface area contributed by atoms with Gasteiger partial charge in [-0.15, -0.1) is 11.3 Å². The Kier molecular flexibility index (Phi) is 3.60. The van der Waals surface area contributed by atoms with Crippen LogP contribution in [0, 0.1) is 0 Å². The first-order valence-electron chi connectivity index (χ1n) is 6.33. The van der Waals surface area contributed by atoms with Gasteiger partial charge in [-0.3, -0.25) is 0 Å². The van der Waals surface area contributed by atoms with Crippen LogP contribution in [0.5, 0.6) is 0 Å². The van der Waals surface area contributed by atoms with Crippen molar-refractivity contribution in [1.29, 1.82) is 0 Å². The molecule has 0 bridgehead atoms. The van der Waals surface area contributed by atoms with Crippen molar-refractivity contribution in [2.75, 3.05) is 0 Å². The molecule has 19 heavy (non-hydrogen) atoms. The molecule has 0 aliphatic carbocycles. The van der Waals surface area contributed by atoms with Gasteiger partial charge in [0.1, 0.15) is 0 Å². The summed E-state index contributed by atoms with van der Waals surface area (Å²) in [4.78, 5) is 1.28. The molecule has 2 N–H and O–H groups in total. The van der Waals surface area contributed by atoms with Crippen LogP contribution in [0.3, 0.4) is 0 Å². The number of hydrogen-bond donors (Lipinski definition) is 2. The van der Waals surface area contributed by atoms with E-state index in [1.54, 1.807) is 11.3 Å². The lowest BCUT2D eigenvalue weighted by Crippen LogP contribution is -2.26. The number of benzene rings is 1. The summed E-state index contributed by atoms with van der Waals surface area (Å²) in [6.45, 7) is 2.19. The van der Waals surface area contributed by atoms with Crippen molar-refractivity contribution in [3.8, 4) is 0 Å². The van der Waals surface area contributed by atoms with Gasteiger partial charge >= 0.3 is 0 Å². The zero-order chi connectivity index (χ0) is 13.2. The summed E-state index contributed by atoms with van der Waals surface area (Å²) in [5.74, 6) is 0. The van der Waals surface area contributed by atoms with E-state index in [1.807, 2.05) is 12.1 Å². The van der Waals surface area contributed by atoms with E-state index in [4.69, 9.17) is 11.6 Å². The summed E-state index contributed by atoms with van der Waals surface area (Å²) >= 11 is 7.71. The SMILES string of the molecule is CCC1=C(c2cccs2)NNC1c1ccc(Cl)cc1. The van der Waals surface area contributed by atoms with E-state index in [0.29, 0.717) is 0 Å². The summed E-state index contributed by atoms with van der Waals surface area (Å²) in [5.41, 5.74) is 10.6. The molecule has 1 unspecified atom stereocenters. The second kappa shape index (κ2) is 5.37. The highest BCUT2D eigenvalue weighted by Gasteiger charge is 2.26. The number of thiophene rings is 1. The molecule has 0 saturated heterocycles. The summed E-state index contributed by atoms with van der Waals surface area (Å²) in [5, 5.41) is 2.88. The number of rotatable bonds is 3. The maximum Gasteiger partial charge on any atom is 0.0743 e. The minimum absolute atomic E-state index is 0.222. The van der Waals surface area contributed by atoms with Gasteiger partial charge in [0.2, 0.25) is 0 Å². The van der Waals surface area contributed by atoms with Crippen molar-refractivity contribution in [2.24, 2.45) is 0 Å². The summed E-state index contributed by atoms with van der Waals surface area (Å²) in [6.07, 6.45) is 1.01. The third-order valence-corrected chi connectivity index (χ3v) is 4.50. The monoisotopic (exact) mass is 290 g/mol.